The molecule has 10 nitrogen and oxygen atoms in total. The van der Waals surface area contributed by atoms with E-state index in [-0.39, 0.29) is 43.8 Å². The molecule has 0 saturated carbocycles. The summed E-state index contributed by atoms with van der Waals surface area (Å²) < 4.78 is 15.9. The zero-order valence-corrected chi connectivity index (χ0v) is 23.7. The molecule has 4 saturated heterocycles. The van der Waals surface area contributed by atoms with Crippen molar-refractivity contribution < 1.29 is 28.6 Å². The van der Waals surface area contributed by atoms with Gasteiger partial charge in [-0.15, -0.1) is 0 Å². The van der Waals surface area contributed by atoms with E-state index in [4.69, 9.17) is 14.2 Å². The van der Waals surface area contributed by atoms with E-state index in [9.17, 15) is 14.4 Å². The number of nitrogens with zero attached hydrogens (tertiary/aromatic N) is 1. The van der Waals surface area contributed by atoms with Crippen molar-refractivity contribution in [2.45, 2.75) is 155 Å². The van der Waals surface area contributed by atoms with Gasteiger partial charge in [0.2, 0.25) is 0 Å². The van der Waals surface area contributed by atoms with Crippen LogP contribution in [-0.2, 0) is 14.2 Å². The van der Waals surface area contributed by atoms with Gasteiger partial charge in [0, 0.05) is 24.2 Å². The van der Waals surface area contributed by atoms with Crippen molar-refractivity contribution in [3.05, 3.63) is 0 Å². The first kappa shape index (κ1) is 32.0. The number of nitrogens with one attached hydrogen (secondary N) is 3. The number of hydrogen-bond donors (Lipinski definition) is 3. The molecule has 6 atom stereocenters. The predicted octanol–water partition coefficient (Wildman–Crippen LogP) is 5.09. The molecule has 0 aromatic rings. The molecule has 10 heteroatoms. The molecule has 0 spiro atoms. The minimum absolute atomic E-state index is 0. The first-order valence-corrected chi connectivity index (χ1v) is 14.0. The lowest BCUT2D eigenvalue weighted by Crippen LogP contribution is -2.46. The number of fused-ring (bicyclic) bond motifs is 4. The van der Waals surface area contributed by atoms with Crippen molar-refractivity contribution in [1.82, 2.24) is 20.9 Å². The minimum atomic E-state index is -0.513. The number of hydrogen-bond acceptors (Lipinski definition) is 7. The Balaban J connectivity index is 0.000000277. The monoisotopic (exact) mass is 540 g/mol. The molecular weight excluding hydrogens is 488 g/mol. The Kier molecular flexibility index (Phi) is 11.1. The number of unbranched alkanes of at least 4 members (excludes halogenated alkanes) is 1. The van der Waals surface area contributed by atoms with Gasteiger partial charge in [0.05, 0.1) is 18.7 Å². The molecule has 4 aliphatic rings. The maximum absolute atomic E-state index is 12.2. The van der Waals surface area contributed by atoms with Gasteiger partial charge >= 0.3 is 18.3 Å². The Hall–Kier alpha value is -2.23. The number of carbonyl (C=O) groups excluding carboxylic acids is 3. The second kappa shape index (κ2) is 13.2. The number of alkyl carbamates (subject to hydrolysis) is 2. The van der Waals surface area contributed by atoms with Crippen molar-refractivity contribution in [3.8, 4) is 0 Å². The third-order valence-electron chi connectivity index (χ3n) is 7.18. The van der Waals surface area contributed by atoms with Crippen LogP contribution in [0.15, 0.2) is 0 Å². The SMILES string of the molecule is C.CC(C)(C)OC(=O)N[C@@H]1C[C@@H]2CC[C@H]1N2.CCCCOC(=O)N1[C@H]2CC[C@@H]1[C@H](NC(=O)OC(C)(C)C)C2. The highest BCUT2D eigenvalue weighted by atomic mass is 16.6. The molecule has 4 aliphatic heterocycles. The van der Waals surface area contributed by atoms with Crippen LogP contribution in [0.4, 0.5) is 14.4 Å². The highest BCUT2D eigenvalue weighted by molar-refractivity contribution is 5.71. The van der Waals surface area contributed by atoms with Crippen molar-refractivity contribution in [3.63, 3.8) is 0 Å². The standard InChI is InChI=1S/C16H28N2O4.C11H20N2O2.CH4/c1-5-6-9-21-15(20)18-11-7-8-13(18)12(10-11)17-14(19)22-16(2,3)4;1-11(2,3)15-10(14)13-9-6-7-4-5-8(9)12-7;/h11-13H,5-10H2,1-4H3,(H,17,19);7-9,12H,4-6H2,1-3H3,(H,13,14);1H4/t11-,12+,13+;7-,8+,9+;/m00./s1. The minimum Gasteiger partial charge on any atom is -0.449 e. The molecule has 0 aromatic heterocycles. The lowest BCUT2D eigenvalue weighted by molar-refractivity contribution is 0.0480. The van der Waals surface area contributed by atoms with Gasteiger partial charge in [0.25, 0.3) is 0 Å². The van der Waals surface area contributed by atoms with Gasteiger partial charge in [-0.2, -0.15) is 0 Å². The molecule has 4 heterocycles. The third-order valence-corrected chi connectivity index (χ3v) is 7.18. The lowest BCUT2D eigenvalue weighted by atomic mass is 9.96. The van der Waals surface area contributed by atoms with E-state index < -0.39 is 17.3 Å². The van der Waals surface area contributed by atoms with Crippen LogP contribution in [0.1, 0.15) is 107 Å². The summed E-state index contributed by atoms with van der Waals surface area (Å²) in [6.07, 6.45) is 7.09. The maximum Gasteiger partial charge on any atom is 0.410 e. The molecule has 220 valence electrons. The average molecular weight is 541 g/mol. The molecular formula is C28H52N4O6. The van der Waals surface area contributed by atoms with Gasteiger partial charge < -0.3 is 35.1 Å². The second-order valence-corrected chi connectivity index (χ2v) is 12.7. The predicted molar refractivity (Wildman–Crippen MR) is 147 cm³/mol. The third kappa shape index (κ3) is 9.20. The molecule has 3 amide bonds. The molecule has 4 rings (SSSR count). The van der Waals surface area contributed by atoms with Gasteiger partial charge in [0.1, 0.15) is 11.2 Å². The summed E-state index contributed by atoms with van der Waals surface area (Å²) in [6, 6.07) is 1.51. The maximum atomic E-state index is 12.2. The fraction of sp³-hybridized carbons (Fsp3) is 0.893. The molecule has 3 N–H and O–H groups in total. The van der Waals surface area contributed by atoms with E-state index in [0.717, 1.165) is 38.5 Å². The average Bonchev–Trinajstić information content (AvgIpc) is 3.52. The Labute approximate surface area is 229 Å². The molecule has 38 heavy (non-hydrogen) atoms. The van der Waals surface area contributed by atoms with Crippen molar-refractivity contribution in [2.75, 3.05) is 6.61 Å². The van der Waals surface area contributed by atoms with Gasteiger partial charge in [0.15, 0.2) is 0 Å². The Bertz CT molecular complexity index is 808. The summed E-state index contributed by atoms with van der Waals surface area (Å²) in [4.78, 5) is 37.5. The fourth-order valence-corrected chi connectivity index (χ4v) is 5.71. The van der Waals surface area contributed by atoms with Crippen molar-refractivity contribution in [2.24, 2.45) is 0 Å². The highest BCUT2D eigenvalue weighted by Crippen LogP contribution is 2.38. The molecule has 0 radical (unpaired) electrons. The second-order valence-electron chi connectivity index (χ2n) is 12.7. The first-order valence-electron chi connectivity index (χ1n) is 14.0. The van der Waals surface area contributed by atoms with Gasteiger partial charge in [-0.1, -0.05) is 20.8 Å². The fourth-order valence-electron chi connectivity index (χ4n) is 5.71. The number of carbonyl (C=O) groups is 3. The van der Waals surface area contributed by atoms with E-state index in [1.165, 1.54) is 12.8 Å². The smallest absolute Gasteiger partial charge is 0.410 e. The van der Waals surface area contributed by atoms with Gasteiger partial charge in [-0.3, -0.25) is 0 Å². The lowest BCUT2D eigenvalue weighted by Gasteiger charge is -2.26. The highest BCUT2D eigenvalue weighted by Gasteiger charge is 2.50. The van der Waals surface area contributed by atoms with E-state index in [2.05, 4.69) is 22.9 Å². The van der Waals surface area contributed by atoms with Crippen LogP contribution in [0.25, 0.3) is 0 Å². The van der Waals surface area contributed by atoms with E-state index in [1.807, 2.05) is 46.4 Å². The zero-order chi connectivity index (χ0) is 27.4. The van der Waals surface area contributed by atoms with Crippen LogP contribution in [-0.4, -0.2) is 77.2 Å². The van der Waals surface area contributed by atoms with E-state index in [1.54, 1.807) is 0 Å². The van der Waals surface area contributed by atoms with Gasteiger partial charge in [-0.25, -0.2) is 14.4 Å². The largest absolute Gasteiger partial charge is 0.449 e. The number of rotatable bonds is 5. The van der Waals surface area contributed by atoms with E-state index >= 15 is 0 Å². The van der Waals surface area contributed by atoms with Crippen LogP contribution in [0, 0.1) is 0 Å². The zero-order valence-electron chi connectivity index (χ0n) is 23.7. The Morgan fingerprint density at radius 2 is 1.47 bits per heavy atom. The van der Waals surface area contributed by atoms with Gasteiger partial charge in [-0.05, 0) is 86.5 Å². The van der Waals surface area contributed by atoms with Crippen molar-refractivity contribution >= 4 is 18.3 Å². The molecule has 4 fully saturated rings. The topological polar surface area (TPSA) is 118 Å². The summed E-state index contributed by atoms with van der Waals surface area (Å²) in [6.45, 7) is 13.7. The Morgan fingerprint density at radius 3 is 1.97 bits per heavy atom. The molecule has 0 aromatic carbocycles. The normalized spacial score (nSPS) is 29.1. The first-order chi connectivity index (χ1) is 17.3. The Morgan fingerprint density at radius 1 is 0.868 bits per heavy atom. The summed E-state index contributed by atoms with van der Waals surface area (Å²) in [5.74, 6) is 0. The van der Waals surface area contributed by atoms with Crippen LogP contribution < -0.4 is 16.0 Å². The number of ether oxygens (including phenoxy) is 3. The number of amides is 3. The summed E-state index contributed by atoms with van der Waals surface area (Å²) in [7, 11) is 0. The van der Waals surface area contributed by atoms with Crippen LogP contribution in [0.2, 0.25) is 0 Å². The van der Waals surface area contributed by atoms with Crippen molar-refractivity contribution in [1.29, 1.82) is 0 Å². The van der Waals surface area contributed by atoms with E-state index in [0.29, 0.717) is 18.7 Å². The summed E-state index contributed by atoms with van der Waals surface area (Å²) in [5.41, 5.74) is -0.921. The van der Waals surface area contributed by atoms with Crippen LogP contribution in [0.5, 0.6) is 0 Å². The summed E-state index contributed by atoms with van der Waals surface area (Å²) >= 11 is 0. The van der Waals surface area contributed by atoms with Crippen LogP contribution in [0.3, 0.4) is 0 Å². The molecule has 0 unspecified atom stereocenters. The summed E-state index contributed by atoms with van der Waals surface area (Å²) in [5, 5.41) is 9.33. The van der Waals surface area contributed by atoms with Crippen LogP contribution >= 0.6 is 0 Å². The molecule has 0 aliphatic carbocycles. The quantitative estimate of drug-likeness (QED) is 0.328. The molecule has 4 bridgehead atoms.